The monoisotopic (exact) mass is 481 g/mol. The second-order valence-corrected chi connectivity index (χ2v) is 10.8. The van der Waals surface area contributed by atoms with E-state index in [2.05, 4.69) is 30.3 Å². The standard InChI is InChI=1S/C24H30F3N3O2S/c1-15-20(23(2,3)4)33-22(30(15)14-16-5-6-16)28-21(31)18-13-17(24(25,26)27)7-8-19(18)29-9-11-32-12-10-29/h7-8,13,16H,5-6,9-12,14H2,1-4H3/b28-22-. The van der Waals surface area contributed by atoms with E-state index < -0.39 is 17.6 Å². The molecule has 1 amide bonds. The van der Waals surface area contributed by atoms with Crippen molar-refractivity contribution < 1.29 is 22.7 Å². The molecule has 33 heavy (non-hydrogen) atoms. The summed E-state index contributed by atoms with van der Waals surface area (Å²) in [6.07, 6.45) is -2.24. The van der Waals surface area contributed by atoms with Crippen molar-refractivity contribution in [3.63, 3.8) is 0 Å². The molecule has 0 bridgehead atoms. The molecule has 2 aliphatic rings. The maximum absolute atomic E-state index is 13.5. The Balaban J connectivity index is 1.81. The number of carbonyl (C=O) groups is 1. The van der Waals surface area contributed by atoms with Crippen LogP contribution in [0, 0.1) is 12.8 Å². The highest BCUT2D eigenvalue weighted by atomic mass is 32.1. The van der Waals surface area contributed by atoms with Crippen molar-refractivity contribution in [2.75, 3.05) is 31.2 Å². The highest BCUT2D eigenvalue weighted by molar-refractivity contribution is 7.09. The van der Waals surface area contributed by atoms with Gasteiger partial charge in [-0.2, -0.15) is 18.2 Å². The second kappa shape index (κ2) is 8.91. The van der Waals surface area contributed by atoms with E-state index in [4.69, 9.17) is 4.74 Å². The first-order valence-corrected chi connectivity index (χ1v) is 12.1. The summed E-state index contributed by atoms with van der Waals surface area (Å²) < 4.78 is 47.8. The maximum Gasteiger partial charge on any atom is 0.416 e. The summed E-state index contributed by atoms with van der Waals surface area (Å²) in [6.45, 7) is 11.1. The molecule has 1 saturated carbocycles. The van der Waals surface area contributed by atoms with Crippen LogP contribution in [0.25, 0.3) is 0 Å². The lowest BCUT2D eigenvalue weighted by atomic mass is 9.93. The van der Waals surface area contributed by atoms with E-state index in [1.807, 2.05) is 11.8 Å². The number of anilines is 1. The molecule has 0 atom stereocenters. The molecule has 1 aromatic heterocycles. The Labute approximate surface area is 195 Å². The average Bonchev–Trinajstić information content (AvgIpc) is 3.52. The summed E-state index contributed by atoms with van der Waals surface area (Å²) in [7, 11) is 0. The van der Waals surface area contributed by atoms with Gasteiger partial charge in [-0.25, -0.2) is 0 Å². The normalized spacial score (nSPS) is 18.2. The molecule has 1 aliphatic carbocycles. The summed E-state index contributed by atoms with van der Waals surface area (Å²) >= 11 is 1.46. The largest absolute Gasteiger partial charge is 0.416 e. The van der Waals surface area contributed by atoms with Gasteiger partial charge in [0.15, 0.2) is 4.80 Å². The molecule has 4 rings (SSSR count). The molecule has 0 spiro atoms. The van der Waals surface area contributed by atoms with E-state index in [0.717, 1.165) is 42.1 Å². The van der Waals surface area contributed by atoms with Gasteiger partial charge in [0.2, 0.25) is 0 Å². The lowest BCUT2D eigenvalue weighted by molar-refractivity contribution is -0.137. The van der Waals surface area contributed by atoms with Gasteiger partial charge in [-0.3, -0.25) is 4.79 Å². The highest BCUT2D eigenvalue weighted by Gasteiger charge is 2.33. The lowest BCUT2D eigenvalue weighted by Gasteiger charge is -2.30. The minimum atomic E-state index is -4.54. The quantitative estimate of drug-likeness (QED) is 0.606. The molecule has 1 aliphatic heterocycles. The van der Waals surface area contributed by atoms with E-state index in [1.165, 1.54) is 17.4 Å². The summed E-state index contributed by atoms with van der Waals surface area (Å²) in [5.74, 6) is -0.0773. The van der Waals surface area contributed by atoms with Gasteiger partial charge < -0.3 is 14.2 Å². The van der Waals surface area contributed by atoms with Gasteiger partial charge in [0.05, 0.1) is 24.3 Å². The number of benzene rings is 1. The number of ether oxygens (including phenoxy) is 1. The van der Waals surface area contributed by atoms with Crippen LogP contribution in [-0.4, -0.2) is 36.8 Å². The van der Waals surface area contributed by atoms with Gasteiger partial charge >= 0.3 is 6.18 Å². The number of hydrogen-bond acceptors (Lipinski definition) is 4. The van der Waals surface area contributed by atoms with Gasteiger partial charge in [-0.1, -0.05) is 20.8 Å². The number of carbonyl (C=O) groups excluding carboxylic acids is 1. The van der Waals surface area contributed by atoms with E-state index in [-0.39, 0.29) is 11.0 Å². The van der Waals surface area contributed by atoms with Crippen molar-refractivity contribution in [3.05, 3.63) is 44.7 Å². The number of halogens is 3. The van der Waals surface area contributed by atoms with Crippen molar-refractivity contribution in [3.8, 4) is 0 Å². The molecule has 2 heterocycles. The summed E-state index contributed by atoms with van der Waals surface area (Å²) in [5, 5.41) is 0. The second-order valence-electron chi connectivity index (χ2n) is 9.85. The number of alkyl halides is 3. The molecule has 1 saturated heterocycles. The van der Waals surface area contributed by atoms with E-state index in [1.54, 1.807) is 0 Å². The number of hydrogen-bond donors (Lipinski definition) is 0. The van der Waals surface area contributed by atoms with E-state index in [9.17, 15) is 18.0 Å². The van der Waals surface area contributed by atoms with Crippen LogP contribution in [0.1, 0.15) is 60.1 Å². The van der Waals surface area contributed by atoms with Gasteiger partial charge in [-0.05, 0) is 49.3 Å². The molecule has 1 aromatic carbocycles. The fraction of sp³-hybridized carbons (Fsp3) is 0.583. The number of rotatable bonds is 4. The number of amides is 1. The SMILES string of the molecule is Cc1c(C(C)(C)C)s/c(=N\C(=O)c2cc(C(F)(F)F)ccc2N2CCOCC2)n1CC1CC1. The molecule has 180 valence electrons. The predicted molar refractivity (Wildman–Crippen MR) is 123 cm³/mol. The molecule has 0 N–H and O–H groups in total. The van der Waals surface area contributed by atoms with Crippen molar-refractivity contribution in [1.29, 1.82) is 0 Å². The highest BCUT2D eigenvalue weighted by Crippen LogP contribution is 2.35. The van der Waals surface area contributed by atoms with Crippen LogP contribution in [0.5, 0.6) is 0 Å². The number of morpholine rings is 1. The minimum absolute atomic E-state index is 0.0203. The van der Waals surface area contributed by atoms with Crippen molar-refractivity contribution in [2.24, 2.45) is 10.9 Å². The first-order valence-electron chi connectivity index (χ1n) is 11.3. The minimum Gasteiger partial charge on any atom is -0.378 e. The molecule has 0 unspecified atom stereocenters. The van der Waals surface area contributed by atoms with E-state index in [0.29, 0.717) is 42.7 Å². The van der Waals surface area contributed by atoms with Gasteiger partial charge in [0, 0.05) is 35.9 Å². The third-order valence-corrected chi connectivity index (χ3v) is 7.69. The molecular formula is C24H30F3N3O2S. The fourth-order valence-corrected chi connectivity index (χ4v) is 5.35. The zero-order valence-corrected chi connectivity index (χ0v) is 20.3. The van der Waals surface area contributed by atoms with Crippen LogP contribution in [0.4, 0.5) is 18.9 Å². The van der Waals surface area contributed by atoms with Crippen LogP contribution in [0.15, 0.2) is 23.2 Å². The van der Waals surface area contributed by atoms with Crippen LogP contribution in [0.2, 0.25) is 0 Å². The summed E-state index contributed by atoms with van der Waals surface area (Å²) in [5.41, 5.74) is 0.558. The Morgan fingerprint density at radius 3 is 2.42 bits per heavy atom. The number of aromatic nitrogens is 1. The Kier molecular flexibility index (Phi) is 6.48. The van der Waals surface area contributed by atoms with Crippen molar-refractivity contribution >= 4 is 22.9 Å². The lowest BCUT2D eigenvalue weighted by Crippen LogP contribution is -2.37. The van der Waals surface area contributed by atoms with Gasteiger partial charge in [0.25, 0.3) is 5.91 Å². The zero-order chi connectivity index (χ0) is 24.0. The molecule has 9 heteroatoms. The van der Waals surface area contributed by atoms with Crippen molar-refractivity contribution in [2.45, 2.75) is 58.7 Å². The maximum atomic E-state index is 13.5. The summed E-state index contributed by atoms with van der Waals surface area (Å²) in [4.78, 5) is 21.4. The summed E-state index contributed by atoms with van der Waals surface area (Å²) in [6, 6.07) is 3.35. The third-order valence-electron chi connectivity index (χ3n) is 6.08. The molecule has 5 nitrogen and oxygen atoms in total. The van der Waals surface area contributed by atoms with Crippen LogP contribution < -0.4 is 9.70 Å². The van der Waals surface area contributed by atoms with Gasteiger partial charge in [0.1, 0.15) is 0 Å². The molecule has 2 fully saturated rings. The van der Waals surface area contributed by atoms with Crippen LogP contribution in [-0.2, 0) is 22.9 Å². The number of thiazole rings is 1. The average molecular weight is 482 g/mol. The molecular weight excluding hydrogens is 451 g/mol. The fourth-order valence-electron chi connectivity index (χ4n) is 4.15. The molecule has 0 radical (unpaired) electrons. The zero-order valence-electron chi connectivity index (χ0n) is 19.5. The predicted octanol–water partition coefficient (Wildman–Crippen LogP) is 5.16. The Morgan fingerprint density at radius 1 is 1.18 bits per heavy atom. The third kappa shape index (κ3) is 5.35. The Morgan fingerprint density at radius 2 is 1.85 bits per heavy atom. The number of nitrogens with zero attached hydrogens (tertiary/aromatic N) is 3. The Hall–Kier alpha value is -2.13. The van der Waals surface area contributed by atoms with Crippen LogP contribution >= 0.6 is 11.3 Å². The first kappa shape index (κ1) is 24.0. The van der Waals surface area contributed by atoms with Gasteiger partial charge in [-0.15, -0.1) is 11.3 Å². The smallest absolute Gasteiger partial charge is 0.378 e. The van der Waals surface area contributed by atoms with Crippen LogP contribution in [0.3, 0.4) is 0 Å². The van der Waals surface area contributed by atoms with Crippen molar-refractivity contribution in [1.82, 2.24) is 4.57 Å². The first-order chi connectivity index (χ1) is 15.4. The van der Waals surface area contributed by atoms with E-state index >= 15 is 0 Å². The topological polar surface area (TPSA) is 46.8 Å². The Bertz CT molecular complexity index is 1100. The molecule has 2 aromatic rings.